The van der Waals surface area contributed by atoms with Crippen LogP contribution in [-0.2, 0) is 22.3 Å². The van der Waals surface area contributed by atoms with Crippen LogP contribution in [0, 0.1) is 11.6 Å². The number of hydrogen-bond donors (Lipinski definition) is 3. The van der Waals surface area contributed by atoms with Crippen LogP contribution in [0.3, 0.4) is 0 Å². The molecular weight excluding hydrogens is 624 g/mol. The number of likely N-dealkylation sites (N-methyl/N-ethyl adjacent to an activating group) is 1. The highest BCUT2D eigenvalue weighted by molar-refractivity contribution is 7.79. The van der Waals surface area contributed by atoms with E-state index in [0.29, 0.717) is 59.6 Å². The first kappa shape index (κ1) is 33.4. The Morgan fingerprint density at radius 3 is 2.73 bits per heavy atom. The van der Waals surface area contributed by atoms with Crippen molar-refractivity contribution in [2.24, 2.45) is 0 Å². The van der Waals surface area contributed by atoms with Gasteiger partial charge in [0, 0.05) is 66.4 Å². The molecule has 1 amide bonds. The molecule has 0 aliphatic carbocycles. The molecule has 3 aromatic rings. The maximum atomic E-state index is 15.2. The van der Waals surface area contributed by atoms with Gasteiger partial charge in [-0.2, -0.15) is 0 Å². The Kier molecular flexibility index (Phi) is 11.2. The molecule has 9 nitrogen and oxygen atoms in total. The minimum atomic E-state index is -2.02. The number of benzene rings is 2. The standard InChI is InChI=1S/C32H38ClF2N5O4S/c1-36-31(30(19-8-10-23(33)25(35)15-19)20-12-13-37-29(16-20)44-2)32(41)39-26-7-3-6-24(34)22(26)9-11-27-28-18-40(28)21(17-38-27)5-4-14-45(42)43/h3,6-8,10,12-13,15-16,21,27-28,30-31,36,38H,4-5,9,11,14,17-18H2,1-2H3,(H,39,41)(H,42,43)/p-1. The van der Waals surface area contributed by atoms with Gasteiger partial charge in [0.25, 0.3) is 0 Å². The van der Waals surface area contributed by atoms with Gasteiger partial charge in [-0.3, -0.25) is 13.9 Å². The summed E-state index contributed by atoms with van der Waals surface area (Å²) in [4.78, 5) is 20.5. The van der Waals surface area contributed by atoms with Crippen LogP contribution in [0.15, 0.2) is 54.7 Å². The number of anilines is 1. The molecule has 0 saturated carbocycles. The van der Waals surface area contributed by atoms with Crippen molar-refractivity contribution in [3.63, 3.8) is 0 Å². The Labute approximate surface area is 269 Å². The number of carbonyl (C=O) groups excluding carboxylic acids is 1. The van der Waals surface area contributed by atoms with E-state index in [1.165, 1.54) is 25.3 Å². The number of pyridine rings is 1. The van der Waals surface area contributed by atoms with Crippen LogP contribution in [0.1, 0.15) is 41.9 Å². The summed E-state index contributed by atoms with van der Waals surface area (Å²) in [5.74, 6) is -1.60. The van der Waals surface area contributed by atoms with Crippen molar-refractivity contribution in [1.82, 2.24) is 20.5 Å². The highest BCUT2D eigenvalue weighted by atomic mass is 35.5. The number of ether oxygens (including phenoxy) is 1. The second-order valence-corrected chi connectivity index (χ2v) is 12.8. The van der Waals surface area contributed by atoms with E-state index in [9.17, 15) is 17.9 Å². The number of fused-ring (bicyclic) bond motifs is 1. The van der Waals surface area contributed by atoms with Crippen molar-refractivity contribution in [1.29, 1.82) is 0 Å². The third-order valence-corrected chi connectivity index (χ3v) is 9.66. The van der Waals surface area contributed by atoms with Crippen LogP contribution in [0.2, 0.25) is 5.02 Å². The molecule has 13 heteroatoms. The van der Waals surface area contributed by atoms with Crippen molar-refractivity contribution in [3.8, 4) is 5.88 Å². The van der Waals surface area contributed by atoms with E-state index in [1.54, 1.807) is 43.6 Å². The summed E-state index contributed by atoms with van der Waals surface area (Å²) in [5, 5.41) is 9.55. The minimum absolute atomic E-state index is 0.0334. The predicted molar refractivity (Wildman–Crippen MR) is 169 cm³/mol. The fourth-order valence-electron chi connectivity index (χ4n) is 6.39. The van der Waals surface area contributed by atoms with Crippen LogP contribution in [0.4, 0.5) is 14.5 Å². The highest BCUT2D eigenvalue weighted by Gasteiger charge is 2.47. The molecule has 3 heterocycles. The lowest BCUT2D eigenvalue weighted by Gasteiger charge is -2.31. The van der Waals surface area contributed by atoms with Crippen molar-refractivity contribution in [2.45, 2.75) is 55.8 Å². The van der Waals surface area contributed by atoms with Crippen molar-refractivity contribution in [2.75, 3.05) is 38.3 Å². The monoisotopic (exact) mass is 660 g/mol. The molecule has 2 aliphatic rings. The fraction of sp³-hybridized carbons (Fsp3) is 0.438. The van der Waals surface area contributed by atoms with Gasteiger partial charge < -0.3 is 25.2 Å². The smallest absolute Gasteiger partial charge is 0.242 e. The number of piperazine rings is 1. The lowest BCUT2D eigenvalue weighted by Crippen LogP contribution is -2.49. The molecule has 7 unspecified atom stereocenters. The molecule has 2 fully saturated rings. The lowest BCUT2D eigenvalue weighted by atomic mass is 9.84. The second-order valence-electron chi connectivity index (χ2n) is 11.4. The number of halogens is 3. The quantitative estimate of drug-likeness (QED) is 0.176. The topological polar surface area (TPSA) is 118 Å². The third-order valence-electron chi connectivity index (χ3n) is 8.73. The number of nitrogens with zero attached hydrogens (tertiary/aromatic N) is 2. The molecule has 7 atom stereocenters. The number of carbonyl (C=O) groups is 1. The van der Waals surface area contributed by atoms with E-state index in [-0.39, 0.29) is 16.8 Å². The van der Waals surface area contributed by atoms with Crippen molar-refractivity contribution >= 4 is 34.3 Å². The van der Waals surface area contributed by atoms with Crippen LogP contribution >= 0.6 is 11.6 Å². The number of amides is 1. The van der Waals surface area contributed by atoms with Gasteiger partial charge in [0.15, 0.2) is 0 Å². The molecule has 2 saturated heterocycles. The van der Waals surface area contributed by atoms with Gasteiger partial charge in [-0.05, 0) is 74.2 Å². The van der Waals surface area contributed by atoms with Crippen molar-refractivity contribution < 1.29 is 27.1 Å². The normalized spacial score (nSPS) is 22.6. The van der Waals surface area contributed by atoms with E-state index in [1.807, 2.05) is 0 Å². The molecule has 0 spiro atoms. The average Bonchev–Trinajstić information content (AvgIpc) is 3.83. The molecule has 2 aromatic carbocycles. The summed E-state index contributed by atoms with van der Waals surface area (Å²) in [6.45, 7) is 1.68. The number of nitrogens with one attached hydrogen (secondary N) is 3. The Morgan fingerprint density at radius 1 is 1.20 bits per heavy atom. The molecule has 242 valence electrons. The number of rotatable bonds is 14. The molecular formula is C32H37ClF2N5O4S-. The first-order chi connectivity index (χ1) is 21.7. The lowest BCUT2D eigenvalue weighted by molar-refractivity contribution is -0.118. The maximum absolute atomic E-state index is 15.2. The third kappa shape index (κ3) is 8.05. The summed E-state index contributed by atoms with van der Waals surface area (Å²) in [7, 11) is 3.12. The van der Waals surface area contributed by atoms with Crippen LogP contribution in [0.25, 0.3) is 0 Å². The van der Waals surface area contributed by atoms with Gasteiger partial charge in [-0.15, -0.1) is 0 Å². The van der Waals surface area contributed by atoms with Gasteiger partial charge in [-0.1, -0.05) is 34.8 Å². The van der Waals surface area contributed by atoms with Crippen molar-refractivity contribution in [3.05, 3.63) is 88.1 Å². The molecule has 0 bridgehead atoms. The molecule has 2 aliphatic heterocycles. The zero-order chi connectivity index (χ0) is 32.1. The summed E-state index contributed by atoms with van der Waals surface area (Å²) >= 11 is 3.94. The molecule has 3 N–H and O–H groups in total. The van der Waals surface area contributed by atoms with Crippen LogP contribution < -0.4 is 20.7 Å². The summed E-state index contributed by atoms with van der Waals surface area (Å²) in [6, 6.07) is 12.4. The highest BCUT2D eigenvalue weighted by Crippen LogP contribution is 2.35. The zero-order valence-electron chi connectivity index (χ0n) is 25.1. The Morgan fingerprint density at radius 2 is 2.00 bits per heavy atom. The SMILES string of the molecule is CNC(C(=O)Nc1cccc(F)c1CCC1NCC(CCCS(=O)[O-])N2CC12)C(c1ccnc(OC)c1)c1ccc(Cl)c(F)c1. The van der Waals surface area contributed by atoms with Gasteiger partial charge >= 0.3 is 0 Å². The second kappa shape index (κ2) is 15.1. The van der Waals surface area contributed by atoms with Gasteiger partial charge in [0.05, 0.1) is 18.2 Å². The Hall–Kier alpha value is -3.00. The Balaban J connectivity index is 1.31. The molecule has 0 radical (unpaired) electrons. The van der Waals surface area contributed by atoms with Gasteiger partial charge in [0.1, 0.15) is 11.6 Å². The minimum Gasteiger partial charge on any atom is -0.772 e. The largest absolute Gasteiger partial charge is 0.772 e. The number of methoxy groups -OCH3 is 1. The van der Waals surface area contributed by atoms with E-state index < -0.39 is 40.6 Å². The number of aromatic nitrogens is 1. The average molecular weight is 661 g/mol. The van der Waals surface area contributed by atoms with Gasteiger partial charge in [0.2, 0.25) is 11.8 Å². The molecule has 5 rings (SSSR count). The van der Waals surface area contributed by atoms with E-state index in [0.717, 1.165) is 19.5 Å². The summed E-state index contributed by atoms with van der Waals surface area (Å²) < 4.78 is 56.9. The van der Waals surface area contributed by atoms with E-state index >= 15 is 4.39 Å². The fourth-order valence-corrected chi connectivity index (χ4v) is 6.91. The van der Waals surface area contributed by atoms with Crippen LogP contribution in [0.5, 0.6) is 5.88 Å². The van der Waals surface area contributed by atoms with E-state index in [2.05, 4.69) is 25.8 Å². The zero-order valence-corrected chi connectivity index (χ0v) is 26.7. The predicted octanol–water partition coefficient (Wildman–Crippen LogP) is 4.00. The van der Waals surface area contributed by atoms with Crippen LogP contribution in [-0.4, -0.2) is 81.7 Å². The first-order valence-electron chi connectivity index (χ1n) is 15.0. The molecule has 45 heavy (non-hydrogen) atoms. The maximum Gasteiger partial charge on any atom is 0.242 e. The summed E-state index contributed by atoms with van der Waals surface area (Å²) in [5.41, 5.74) is 1.96. The Bertz CT molecular complexity index is 1530. The van der Waals surface area contributed by atoms with Gasteiger partial charge in [-0.25, -0.2) is 13.8 Å². The summed E-state index contributed by atoms with van der Waals surface area (Å²) in [6.07, 6.45) is 4.07. The number of hydrogen-bond acceptors (Lipinski definition) is 8. The van der Waals surface area contributed by atoms with E-state index in [4.69, 9.17) is 16.3 Å². The molecule has 1 aromatic heterocycles. The first-order valence-corrected chi connectivity index (χ1v) is 16.6.